The van der Waals surface area contributed by atoms with Gasteiger partial charge in [0, 0.05) is 25.5 Å². The molecular formula is C19H25N2O7P. The molecule has 2 amide bonds. The molecule has 2 saturated heterocycles. The van der Waals surface area contributed by atoms with Crippen LogP contribution in [0.25, 0.3) is 0 Å². The molecule has 2 N–H and O–H groups in total. The predicted molar refractivity (Wildman–Crippen MR) is 103 cm³/mol. The minimum absolute atomic E-state index is 0.0381. The second kappa shape index (κ2) is 8.97. The van der Waals surface area contributed by atoms with Crippen LogP contribution in [0.3, 0.4) is 0 Å². The standard InChI is InChI=1S/C19H25N2O7P/c22-16-11-10-15(29(26,27)13-5-8-14-6-2-1-3-7-14)18(23)21-17(28-19(24)25)9-4-12-20(16)21/h1-3,6-7,15,17H,4-5,8-13H2,(H,24,25)(H,26,27)/t15-,17?/m0/s1. The third-order valence-electron chi connectivity index (χ3n) is 5.29. The van der Waals surface area contributed by atoms with Crippen LogP contribution in [-0.2, 0) is 25.3 Å². The van der Waals surface area contributed by atoms with E-state index in [9.17, 15) is 23.8 Å². The third-order valence-corrected chi connectivity index (χ3v) is 7.71. The Morgan fingerprint density at radius 1 is 1.21 bits per heavy atom. The Morgan fingerprint density at radius 3 is 2.62 bits per heavy atom. The van der Waals surface area contributed by atoms with Gasteiger partial charge in [-0.05, 0) is 31.2 Å². The smallest absolute Gasteiger partial charge is 0.450 e. The van der Waals surface area contributed by atoms with Crippen molar-refractivity contribution in [1.29, 1.82) is 0 Å². The number of ether oxygens (including phenoxy) is 1. The van der Waals surface area contributed by atoms with E-state index in [2.05, 4.69) is 0 Å². The molecule has 10 heteroatoms. The molecule has 0 aromatic heterocycles. The zero-order chi connectivity index (χ0) is 21.0. The van der Waals surface area contributed by atoms with Gasteiger partial charge in [0.2, 0.25) is 13.3 Å². The maximum Gasteiger partial charge on any atom is 0.507 e. The van der Waals surface area contributed by atoms with Crippen LogP contribution in [0.1, 0.15) is 37.7 Å². The largest absolute Gasteiger partial charge is 0.507 e. The van der Waals surface area contributed by atoms with Crippen LogP contribution >= 0.6 is 7.37 Å². The zero-order valence-electron chi connectivity index (χ0n) is 16.0. The molecule has 2 aliphatic rings. The third kappa shape index (κ3) is 4.97. The summed E-state index contributed by atoms with van der Waals surface area (Å²) in [6, 6.07) is 9.53. The highest BCUT2D eigenvalue weighted by molar-refractivity contribution is 7.59. The molecule has 3 rings (SSSR count). The number of benzene rings is 1. The quantitative estimate of drug-likeness (QED) is 0.531. The summed E-state index contributed by atoms with van der Waals surface area (Å²) in [4.78, 5) is 47.3. The van der Waals surface area contributed by atoms with Gasteiger partial charge in [-0.3, -0.25) is 14.2 Å². The minimum Gasteiger partial charge on any atom is -0.450 e. The summed E-state index contributed by atoms with van der Waals surface area (Å²) in [5.74, 6) is -1.09. The van der Waals surface area contributed by atoms with Crippen molar-refractivity contribution in [2.45, 2.75) is 50.4 Å². The van der Waals surface area contributed by atoms with E-state index in [1.807, 2.05) is 30.3 Å². The summed E-state index contributed by atoms with van der Waals surface area (Å²) in [5.41, 5.74) is -0.211. The van der Waals surface area contributed by atoms with Crippen molar-refractivity contribution in [3.63, 3.8) is 0 Å². The highest BCUT2D eigenvalue weighted by Gasteiger charge is 2.48. The average Bonchev–Trinajstić information content (AvgIpc) is 2.80. The molecule has 0 aliphatic carbocycles. The van der Waals surface area contributed by atoms with E-state index >= 15 is 0 Å². The van der Waals surface area contributed by atoms with Crippen molar-refractivity contribution in [1.82, 2.24) is 10.0 Å². The van der Waals surface area contributed by atoms with Gasteiger partial charge in [0.15, 0.2) is 6.23 Å². The SMILES string of the molecule is O=C(O)OC1CCCN2C(=O)CC[C@H](P(=O)(O)CCCc3ccccc3)C(=O)N12. The fourth-order valence-electron chi connectivity index (χ4n) is 3.88. The Morgan fingerprint density at radius 2 is 1.93 bits per heavy atom. The van der Waals surface area contributed by atoms with E-state index in [0.717, 1.165) is 10.6 Å². The number of fused-ring (bicyclic) bond motifs is 1. The first-order valence-electron chi connectivity index (χ1n) is 9.68. The number of hydrogen-bond acceptors (Lipinski definition) is 5. The van der Waals surface area contributed by atoms with Crippen LogP contribution in [0.15, 0.2) is 30.3 Å². The highest BCUT2D eigenvalue weighted by atomic mass is 31.2. The summed E-state index contributed by atoms with van der Waals surface area (Å²) >= 11 is 0. The van der Waals surface area contributed by atoms with Gasteiger partial charge in [0.1, 0.15) is 5.66 Å². The van der Waals surface area contributed by atoms with Gasteiger partial charge in [0.05, 0.1) is 0 Å². The van der Waals surface area contributed by atoms with Gasteiger partial charge < -0.3 is 14.7 Å². The number of hydrogen-bond donors (Lipinski definition) is 2. The fourth-order valence-corrected chi connectivity index (χ4v) is 5.80. The monoisotopic (exact) mass is 424 g/mol. The first kappa shape index (κ1) is 21.3. The number of carbonyl (C=O) groups is 3. The summed E-state index contributed by atoms with van der Waals surface area (Å²) in [6.07, 6.45) is -1.12. The molecule has 9 nitrogen and oxygen atoms in total. The summed E-state index contributed by atoms with van der Waals surface area (Å²) in [6.45, 7) is 0.251. The van der Waals surface area contributed by atoms with Gasteiger partial charge in [0.25, 0.3) is 5.91 Å². The number of hydrazine groups is 1. The van der Waals surface area contributed by atoms with E-state index in [0.29, 0.717) is 19.3 Å². The van der Waals surface area contributed by atoms with Crippen molar-refractivity contribution in [3.05, 3.63) is 35.9 Å². The van der Waals surface area contributed by atoms with Gasteiger partial charge in [-0.2, -0.15) is 0 Å². The normalized spacial score (nSPS) is 24.4. The topological polar surface area (TPSA) is 124 Å². The molecule has 2 aliphatic heterocycles. The Labute approximate surface area is 168 Å². The number of amides is 2. The van der Waals surface area contributed by atoms with E-state index < -0.39 is 31.3 Å². The molecule has 2 heterocycles. The van der Waals surface area contributed by atoms with E-state index in [-0.39, 0.29) is 37.9 Å². The Hall–Kier alpha value is -2.38. The Balaban J connectivity index is 1.75. The number of rotatable bonds is 6. The lowest BCUT2D eigenvalue weighted by Crippen LogP contribution is -2.59. The molecule has 0 radical (unpaired) electrons. The van der Waals surface area contributed by atoms with Gasteiger partial charge in [-0.15, -0.1) is 0 Å². The molecule has 0 saturated carbocycles. The lowest BCUT2D eigenvalue weighted by atomic mass is 10.1. The molecule has 158 valence electrons. The second-order valence-corrected chi connectivity index (χ2v) is 9.88. The van der Waals surface area contributed by atoms with Gasteiger partial charge >= 0.3 is 6.16 Å². The summed E-state index contributed by atoms with van der Waals surface area (Å²) in [7, 11) is -3.91. The lowest BCUT2D eigenvalue weighted by molar-refractivity contribution is -0.194. The zero-order valence-corrected chi connectivity index (χ0v) is 16.9. The van der Waals surface area contributed by atoms with Gasteiger partial charge in [-0.1, -0.05) is 30.3 Å². The number of carboxylic acid groups (broad SMARTS) is 1. The van der Waals surface area contributed by atoms with Crippen molar-refractivity contribution in [2.75, 3.05) is 12.7 Å². The number of carbonyl (C=O) groups excluding carboxylic acids is 2. The molecular weight excluding hydrogens is 399 g/mol. The average molecular weight is 424 g/mol. The van der Waals surface area contributed by atoms with Gasteiger partial charge in [-0.25, -0.2) is 14.8 Å². The van der Waals surface area contributed by atoms with E-state index in [1.54, 1.807) is 0 Å². The van der Waals surface area contributed by atoms with Crippen molar-refractivity contribution in [3.8, 4) is 0 Å². The molecule has 29 heavy (non-hydrogen) atoms. The first-order valence-corrected chi connectivity index (χ1v) is 11.6. The second-order valence-electron chi connectivity index (χ2n) is 7.30. The van der Waals surface area contributed by atoms with Crippen molar-refractivity contribution < 1.29 is 33.7 Å². The van der Waals surface area contributed by atoms with E-state index in [1.165, 1.54) is 5.01 Å². The maximum atomic E-state index is 13.1. The molecule has 2 fully saturated rings. The maximum absolute atomic E-state index is 13.1. The van der Waals surface area contributed by atoms with E-state index in [4.69, 9.17) is 9.84 Å². The first-order chi connectivity index (χ1) is 13.8. The Bertz CT molecular complexity index is 816. The summed E-state index contributed by atoms with van der Waals surface area (Å²) < 4.78 is 17.8. The van der Waals surface area contributed by atoms with Crippen molar-refractivity contribution >= 4 is 25.3 Å². The molecule has 1 aromatic carbocycles. The number of nitrogens with zero attached hydrogens (tertiary/aromatic N) is 2. The molecule has 2 unspecified atom stereocenters. The highest BCUT2D eigenvalue weighted by Crippen LogP contribution is 2.51. The van der Waals surface area contributed by atoms with Crippen LogP contribution in [0, 0.1) is 0 Å². The fraction of sp³-hybridized carbons (Fsp3) is 0.526. The van der Waals surface area contributed by atoms with Crippen LogP contribution in [0.4, 0.5) is 4.79 Å². The minimum atomic E-state index is -3.91. The number of aryl methyl sites for hydroxylation is 1. The van der Waals surface area contributed by atoms with Crippen LogP contribution in [0.5, 0.6) is 0 Å². The molecule has 0 bridgehead atoms. The van der Waals surface area contributed by atoms with Crippen LogP contribution in [0.2, 0.25) is 0 Å². The lowest BCUT2D eigenvalue weighted by Gasteiger charge is -2.42. The van der Waals surface area contributed by atoms with Crippen LogP contribution in [-0.4, -0.2) is 62.6 Å². The van der Waals surface area contributed by atoms with Crippen molar-refractivity contribution in [2.24, 2.45) is 0 Å². The molecule has 1 aromatic rings. The predicted octanol–water partition coefficient (Wildman–Crippen LogP) is 2.44. The molecule has 3 atom stereocenters. The van der Waals surface area contributed by atoms with Crippen LogP contribution < -0.4 is 0 Å². The Kier molecular flexibility index (Phi) is 6.59. The molecule has 0 spiro atoms. The summed E-state index contributed by atoms with van der Waals surface area (Å²) in [5, 5.41) is 11.1.